The minimum Gasteiger partial charge on any atom is -0.317 e. The zero-order chi connectivity index (χ0) is 14.5. The van der Waals surface area contributed by atoms with E-state index in [1.807, 2.05) is 0 Å². The van der Waals surface area contributed by atoms with Gasteiger partial charge in [0, 0.05) is 27.5 Å². The highest BCUT2D eigenvalue weighted by Crippen LogP contribution is 2.35. The summed E-state index contributed by atoms with van der Waals surface area (Å²) in [4.78, 5) is 0. The lowest BCUT2D eigenvalue weighted by Crippen LogP contribution is -2.16. The highest BCUT2D eigenvalue weighted by Gasteiger charge is 2.11. The van der Waals surface area contributed by atoms with Gasteiger partial charge >= 0.3 is 0 Å². The zero-order valence-electron chi connectivity index (χ0n) is 12.1. The van der Waals surface area contributed by atoms with Crippen molar-refractivity contribution in [2.75, 3.05) is 13.1 Å². The van der Waals surface area contributed by atoms with Gasteiger partial charge in [-0.15, -0.1) is 21.5 Å². The number of hydrogen-bond donors (Lipinski definition) is 1. The first-order valence-corrected chi connectivity index (χ1v) is 9.08. The third-order valence-corrected chi connectivity index (χ3v) is 5.33. The summed E-state index contributed by atoms with van der Waals surface area (Å²) in [6.45, 7) is 4.35. The van der Waals surface area contributed by atoms with Crippen molar-refractivity contribution < 1.29 is 0 Å². The molecule has 0 atom stereocenters. The van der Waals surface area contributed by atoms with E-state index in [2.05, 4.69) is 52.1 Å². The van der Waals surface area contributed by atoms with E-state index < -0.39 is 0 Å². The van der Waals surface area contributed by atoms with Crippen LogP contribution in [0.2, 0.25) is 0 Å². The van der Waals surface area contributed by atoms with E-state index in [-0.39, 0.29) is 0 Å². The molecule has 0 aliphatic heterocycles. The lowest BCUT2D eigenvalue weighted by molar-refractivity contribution is 0.637. The van der Waals surface area contributed by atoms with E-state index >= 15 is 0 Å². The molecule has 1 N–H and O–H groups in total. The van der Waals surface area contributed by atoms with Crippen LogP contribution in [0.1, 0.15) is 24.8 Å². The molecule has 0 radical (unpaired) electrons. The third-order valence-electron chi connectivity index (χ3n) is 3.35. The molecule has 3 nitrogen and oxygen atoms in total. The Hall–Kier alpha value is -1.30. The highest BCUT2D eigenvalue weighted by molar-refractivity contribution is 7.19. The summed E-state index contributed by atoms with van der Waals surface area (Å²) in [5, 5.41) is 17.8. The average Bonchev–Trinajstić information content (AvgIpc) is 3.13. The maximum absolute atomic E-state index is 4.38. The maximum atomic E-state index is 4.38. The summed E-state index contributed by atoms with van der Waals surface area (Å²) in [6, 6.07) is 8.49. The van der Waals surface area contributed by atoms with Crippen LogP contribution >= 0.6 is 22.7 Å². The summed E-state index contributed by atoms with van der Waals surface area (Å²) in [6.07, 6.45) is 3.32. The first-order valence-electron chi connectivity index (χ1n) is 7.38. The van der Waals surface area contributed by atoms with Crippen LogP contribution in [-0.4, -0.2) is 23.3 Å². The third kappa shape index (κ3) is 3.48. The van der Waals surface area contributed by atoms with Gasteiger partial charge in [0.2, 0.25) is 0 Å². The molecule has 3 aromatic rings. The summed E-state index contributed by atoms with van der Waals surface area (Å²) in [7, 11) is 0. The van der Waals surface area contributed by atoms with Crippen molar-refractivity contribution in [3.05, 3.63) is 34.7 Å². The molecule has 0 spiro atoms. The molecule has 3 rings (SSSR count). The van der Waals surface area contributed by atoms with Gasteiger partial charge in [0.25, 0.3) is 0 Å². The Morgan fingerprint density at radius 3 is 2.95 bits per heavy atom. The van der Waals surface area contributed by atoms with Gasteiger partial charge in [-0.2, -0.15) is 0 Å². The Kier molecular flexibility index (Phi) is 4.95. The molecule has 0 unspecified atom stereocenters. The van der Waals surface area contributed by atoms with E-state index in [0.29, 0.717) is 0 Å². The quantitative estimate of drug-likeness (QED) is 0.658. The van der Waals surface area contributed by atoms with Gasteiger partial charge in [0.15, 0.2) is 0 Å². The number of nitrogens with one attached hydrogen (secondary N) is 1. The van der Waals surface area contributed by atoms with Crippen molar-refractivity contribution in [3.8, 4) is 10.6 Å². The van der Waals surface area contributed by atoms with Crippen molar-refractivity contribution in [1.82, 2.24) is 15.5 Å². The number of aromatic nitrogens is 2. The molecule has 0 bridgehead atoms. The van der Waals surface area contributed by atoms with Crippen LogP contribution in [0.15, 0.2) is 29.6 Å². The molecular weight excluding hydrogens is 298 g/mol. The fourth-order valence-corrected chi connectivity index (χ4v) is 4.21. The van der Waals surface area contributed by atoms with Gasteiger partial charge in [-0.05, 0) is 32.0 Å². The summed E-state index contributed by atoms with van der Waals surface area (Å²) < 4.78 is 1.31. The van der Waals surface area contributed by atoms with Crippen molar-refractivity contribution >= 4 is 32.8 Å². The second kappa shape index (κ2) is 7.11. The molecule has 0 fully saturated rings. The normalized spacial score (nSPS) is 11.3. The van der Waals surface area contributed by atoms with E-state index in [4.69, 9.17) is 0 Å². The average molecular weight is 317 g/mol. The zero-order valence-corrected chi connectivity index (χ0v) is 13.8. The minimum atomic E-state index is 1.01. The van der Waals surface area contributed by atoms with Crippen LogP contribution in [0.25, 0.3) is 20.7 Å². The number of aryl methyl sites for hydroxylation is 1. The SMILES string of the molecule is CCCNCCCc1nnc(-c2csc3ccccc23)s1. The first kappa shape index (κ1) is 14.6. The monoisotopic (exact) mass is 317 g/mol. The number of fused-ring (bicyclic) bond motifs is 1. The van der Waals surface area contributed by atoms with Crippen LogP contribution in [0.3, 0.4) is 0 Å². The molecule has 0 amide bonds. The number of benzene rings is 1. The summed E-state index contributed by atoms with van der Waals surface area (Å²) in [5.74, 6) is 0. The fourth-order valence-electron chi connectivity index (χ4n) is 2.27. The highest BCUT2D eigenvalue weighted by atomic mass is 32.1. The van der Waals surface area contributed by atoms with Crippen LogP contribution in [-0.2, 0) is 6.42 Å². The van der Waals surface area contributed by atoms with E-state index in [9.17, 15) is 0 Å². The Morgan fingerprint density at radius 2 is 2.05 bits per heavy atom. The smallest absolute Gasteiger partial charge is 0.149 e. The molecule has 110 valence electrons. The summed E-state index contributed by atoms with van der Waals surface area (Å²) in [5.41, 5.74) is 1.23. The molecule has 2 aromatic heterocycles. The molecule has 5 heteroatoms. The Morgan fingerprint density at radius 1 is 1.14 bits per heavy atom. The molecule has 21 heavy (non-hydrogen) atoms. The number of thiophene rings is 1. The van der Waals surface area contributed by atoms with Gasteiger partial charge in [-0.25, -0.2) is 0 Å². The molecular formula is C16H19N3S2. The largest absolute Gasteiger partial charge is 0.317 e. The van der Waals surface area contributed by atoms with Gasteiger partial charge in [0.1, 0.15) is 10.0 Å². The van der Waals surface area contributed by atoms with Crippen LogP contribution in [0.5, 0.6) is 0 Å². The number of rotatable bonds is 7. The summed E-state index contributed by atoms with van der Waals surface area (Å²) >= 11 is 3.50. The van der Waals surface area contributed by atoms with Crippen LogP contribution in [0.4, 0.5) is 0 Å². The number of nitrogens with zero attached hydrogens (tertiary/aromatic N) is 2. The van der Waals surface area contributed by atoms with Crippen molar-refractivity contribution in [3.63, 3.8) is 0 Å². The van der Waals surface area contributed by atoms with Crippen molar-refractivity contribution in [1.29, 1.82) is 0 Å². The Balaban J connectivity index is 1.67. The molecule has 0 aliphatic carbocycles. The number of hydrogen-bond acceptors (Lipinski definition) is 5. The van der Waals surface area contributed by atoms with Crippen LogP contribution < -0.4 is 5.32 Å². The second-order valence-corrected chi connectivity index (χ2v) is 6.97. The molecule has 0 saturated carbocycles. The molecule has 0 saturated heterocycles. The molecule has 2 heterocycles. The predicted octanol–water partition coefficient (Wildman–Crippen LogP) is 4.35. The van der Waals surface area contributed by atoms with Gasteiger partial charge in [0.05, 0.1) is 0 Å². The topological polar surface area (TPSA) is 37.8 Å². The van der Waals surface area contributed by atoms with Crippen molar-refractivity contribution in [2.24, 2.45) is 0 Å². The maximum Gasteiger partial charge on any atom is 0.149 e. The molecule has 1 aromatic carbocycles. The Bertz CT molecular complexity index is 702. The first-order chi connectivity index (χ1) is 10.4. The lowest BCUT2D eigenvalue weighted by Gasteiger charge is -1.99. The van der Waals surface area contributed by atoms with E-state index in [1.165, 1.54) is 22.1 Å². The standard InChI is InChI=1S/C16H19N3S2/c1-2-9-17-10-5-8-15-18-19-16(21-15)13-11-20-14-7-4-3-6-12(13)14/h3-4,6-7,11,17H,2,5,8-10H2,1H3. The van der Waals surface area contributed by atoms with E-state index in [0.717, 1.165) is 35.9 Å². The van der Waals surface area contributed by atoms with Gasteiger partial charge < -0.3 is 5.32 Å². The van der Waals surface area contributed by atoms with Crippen LogP contribution in [0, 0.1) is 0 Å². The predicted molar refractivity (Wildman–Crippen MR) is 92.2 cm³/mol. The van der Waals surface area contributed by atoms with Crippen molar-refractivity contribution in [2.45, 2.75) is 26.2 Å². The van der Waals surface area contributed by atoms with Gasteiger partial charge in [-0.1, -0.05) is 36.5 Å². The fraction of sp³-hybridized carbons (Fsp3) is 0.375. The lowest BCUT2D eigenvalue weighted by atomic mass is 10.2. The minimum absolute atomic E-state index is 1.01. The second-order valence-electron chi connectivity index (χ2n) is 5.00. The van der Waals surface area contributed by atoms with E-state index in [1.54, 1.807) is 22.7 Å². The van der Waals surface area contributed by atoms with Gasteiger partial charge in [-0.3, -0.25) is 0 Å². The molecule has 0 aliphatic rings. The Labute approximate surface area is 133 Å².